The van der Waals surface area contributed by atoms with Gasteiger partial charge in [0.15, 0.2) is 0 Å². The molecule has 4 heteroatoms. The minimum absolute atomic E-state index is 0.0571. The van der Waals surface area contributed by atoms with Gasteiger partial charge in [0, 0.05) is 11.7 Å². The summed E-state index contributed by atoms with van der Waals surface area (Å²) in [5.74, 6) is -0.121. The number of amides is 1. The Bertz CT molecular complexity index is 405. The van der Waals surface area contributed by atoms with E-state index in [0.717, 1.165) is 17.8 Å². The predicted octanol–water partition coefficient (Wildman–Crippen LogP) is 2.72. The highest BCUT2D eigenvalue weighted by atomic mass is 16.5. The van der Waals surface area contributed by atoms with Crippen LogP contribution in [0, 0.1) is 0 Å². The summed E-state index contributed by atoms with van der Waals surface area (Å²) in [4.78, 5) is 11.8. The van der Waals surface area contributed by atoms with Crippen molar-refractivity contribution in [2.45, 2.75) is 39.8 Å². The van der Waals surface area contributed by atoms with E-state index >= 15 is 0 Å². The fourth-order valence-electron chi connectivity index (χ4n) is 1.83. The van der Waals surface area contributed by atoms with Crippen LogP contribution in [0.3, 0.4) is 0 Å². The summed E-state index contributed by atoms with van der Waals surface area (Å²) < 4.78 is 5.30. The lowest BCUT2D eigenvalue weighted by Crippen LogP contribution is -2.23. The Morgan fingerprint density at radius 3 is 2.58 bits per heavy atom. The van der Waals surface area contributed by atoms with E-state index in [9.17, 15) is 4.79 Å². The van der Waals surface area contributed by atoms with Gasteiger partial charge in [0.05, 0.1) is 6.10 Å². The quantitative estimate of drug-likeness (QED) is 0.796. The van der Waals surface area contributed by atoms with E-state index in [-0.39, 0.29) is 24.7 Å². The molecular formula is C15H24N2O2. The van der Waals surface area contributed by atoms with Gasteiger partial charge in [-0.25, -0.2) is 0 Å². The van der Waals surface area contributed by atoms with E-state index in [1.54, 1.807) is 0 Å². The number of hydrogen-bond acceptors (Lipinski definition) is 3. The molecule has 1 rings (SSSR count). The van der Waals surface area contributed by atoms with Gasteiger partial charge >= 0.3 is 0 Å². The van der Waals surface area contributed by atoms with Crippen LogP contribution in [-0.4, -0.2) is 25.2 Å². The van der Waals surface area contributed by atoms with Crippen molar-refractivity contribution in [2.75, 3.05) is 18.5 Å². The highest BCUT2D eigenvalue weighted by Gasteiger charge is 2.11. The first-order chi connectivity index (χ1) is 9.04. The SMILES string of the molecule is CCNC(C)c1ccccc1NC(=O)COC(C)C. The fraction of sp³-hybridized carbons (Fsp3) is 0.533. The normalized spacial score (nSPS) is 12.5. The van der Waals surface area contributed by atoms with Gasteiger partial charge in [0.2, 0.25) is 5.91 Å². The van der Waals surface area contributed by atoms with E-state index in [4.69, 9.17) is 4.74 Å². The van der Waals surface area contributed by atoms with Crippen LogP contribution in [0.25, 0.3) is 0 Å². The second kappa shape index (κ2) is 7.92. The predicted molar refractivity (Wildman–Crippen MR) is 78.3 cm³/mol. The molecule has 0 aliphatic rings. The summed E-state index contributed by atoms with van der Waals surface area (Å²) >= 11 is 0. The molecule has 1 atom stereocenters. The zero-order valence-corrected chi connectivity index (χ0v) is 12.2. The van der Waals surface area contributed by atoms with Gasteiger partial charge in [0.1, 0.15) is 6.61 Å². The molecule has 0 aliphatic heterocycles. The van der Waals surface area contributed by atoms with Crippen LogP contribution in [0.1, 0.15) is 39.3 Å². The van der Waals surface area contributed by atoms with Crippen molar-refractivity contribution < 1.29 is 9.53 Å². The van der Waals surface area contributed by atoms with E-state index in [1.165, 1.54) is 0 Å². The minimum atomic E-state index is -0.121. The lowest BCUT2D eigenvalue weighted by Gasteiger charge is -2.18. The van der Waals surface area contributed by atoms with Gasteiger partial charge in [-0.1, -0.05) is 25.1 Å². The average molecular weight is 264 g/mol. The summed E-state index contributed by atoms with van der Waals surface area (Å²) in [5.41, 5.74) is 1.93. The Morgan fingerprint density at radius 2 is 1.95 bits per heavy atom. The van der Waals surface area contributed by atoms with Crippen molar-refractivity contribution in [3.05, 3.63) is 29.8 Å². The first-order valence-electron chi connectivity index (χ1n) is 6.78. The molecule has 2 N–H and O–H groups in total. The Morgan fingerprint density at radius 1 is 1.26 bits per heavy atom. The molecule has 0 fully saturated rings. The lowest BCUT2D eigenvalue weighted by molar-refractivity contribution is -0.121. The number of nitrogens with one attached hydrogen (secondary N) is 2. The molecule has 106 valence electrons. The van der Waals surface area contributed by atoms with Crippen molar-refractivity contribution in [2.24, 2.45) is 0 Å². The molecule has 1 aromatic carbocycles. The van der Waals surface area contributed by atoms with Crippen LogP contribution in [-0.2, 0) is 9.53 Å². The molecule has 4 nitrogen and oxygen atoms in total. The molecular weight excluding hydrogens is 240 g/mol. The van der Waals surface area contributed by atoms with Gasteiger partial charge in [-0.05, 0) is 38.9 Å². The van der Waals surface area contributed by atoms with E-state index in [2.05, 4.69) is 24.5 Å². The monoisotopic (exact) mass is 264 g/mol. The maximum Gasteiger partial charge on any atom is 0.250 e. The van der Waals surface area contributed by atoms with Gasteiger partial charge in [-0.15, -0.1) is 0 Å². The summed E-state index contributed by atoms with van der Waals surface area (Å²) in [5, 5.41) is 6.24. The number of rotatable bonds is 7. The third-order valence-electron chi connectivity index (χ3n) is 2.76. The first kappa shape index (κ1) is 15.7. The fourth-order valence-corrected chi connectivity index (χ4v) is 1.83. The van der Waals surface area contributed by atoms with Crippen LogP contribution in [0.4, 0.5) is 5.69 Å². The maximum absolute atomic E-state index is 11.8. The molecule has 0 aromatic heterocycles. The third-order valence-corrected chi connectivity index (χ3v) is 2.76. The zero-order valence-electron chi connectivity index (χ0n) is 12.2. The van der Waals surface area contributed by atoms with Gasteiger partial charge in [-0.3, -0.25) is 4.79 Å². The average Bonchev–Trinajstić information content (AvgIpc) is 2.37. The highest BCUT2D eigenvalue weighted by Crippen LogP contribution is 2.22. The van der Waals surface area contributed by atoms with Crippen molar-refractivity contribution in [3.63, 3.8) is 0 Å². The molecule has 0 aliphatic carbocycles. The number of hydrogen-bond donors (Lipinski definition) is 2. The number of carbonyl (C=O) groups excluding carboxylic acids is 1. The standard InChI is InChI=1S/C15H24N2O2/c1-5-16-12(4)13-8-6-7-9-14(13)17-15(18)10-19-11(2)3/h6-9,11-12,16H,5,10H2,1-4H3,(H,17,18). The number of ether oxygens (including phenoxy) is 1. The van der Waals surface area contributed by atoms with Crippen LogP contribution in [0.2, 0.25) is 0 Å². The summed E-state index contributed by atoms with van der Waals surface area (Å²) in [6.07, 6.45) is 0.0571. The number of para-hydroxylation sites is 1. The Hall–Kier alpha value is -1.39. The van der Waals surface area contributed by atoms with Crippen LogP contribution in [0.5, 0.6) is 0 Å². The van der Waals surface area contributed by atoms with Crippen LogP contribution >= 0.6 is 0 Å². The molecule has 0 saturated carbocycles. The van der Waals surface area contributed by atoms with Crippen molar-refractivity contribution >= 4 is 11.6 Å². The molecule has 0 saturated heterocycles. The molecule has 0 spiro atoms. The molecule has 0 bridgehead atoms. The minimum Gasteiger partial charge on any atom is -0.369 e. The number of benzene rings is 1. The number of carbonyl (C=O) groups is 1. The molecule has 1 amide bonds. The van der Waals surface area contributed by atoms with Gasteiger partial charge in [-0.2, -0.15) is 0 Å². The van der Waals surface area contributed by atoms with E-state index in [1.807, 2.05) is 38.1 Å². The van der Waals surface area contributed by atoms with Gasteiger partial charge in [0.25, 0.3) is 0 Å². The molecule has 0 radical (unpaired) electrons. The van der Waals surface area contributed by atoms with E-state index < -0.39 is 0 Å². The summed E-state index contributed by atoms with van der Waals surface area (Å²) in [6, 6.07) is 8.03. The van der Waals surface area contributed by atoms with Crippen molar-refractivity contribution in [1.82, 2.24) is 5.32 Å². The first-order valence-corrected chi connectivity index (χ1v) is 6.78. The third kappa shape index (κ3) is 5.41. The van der Waals surface area contributed by atoms with Crippen LogP contribution < -0.4 is 10.6 Å². The highest BCUT2D eigenvalue weighted by molar-refractivity contribution is 5.92. The second-order valence-corrected chi connectivity index (χ2v) is 4.77. The number of anilines is 1. The Kier molecular flexibility index (Phi) is 6.53. The molecule has 1 aromatic rings. The smallest absolute Gasteiger partial charge is 0.250 e. The Labute approximate surface area is 115 Å². The van der Waals surface area contributed by atoms with E-state index in [0.29, 0.717) is 0 Å². The summed E-state index contributed by atoms with van der Waals surface area (Å²) in [6.45, 7) is 8.94. The second-order valence-electron chi connectivity index (χ2n) is 4.77. The zero-order chi connectivity index (χ0) is 14.3. The summed E-state index contributed by atoms with van der Waals surface area (Å²) in [7, 11) is 0. The Balaban J connectivity index is 2.69. The molecule has 0 heterocycles. The largest absolute Gasteiger partial charge is 0.369 e. The topological polar surface area (TPSA) is 50.4 Å². The van der Waals surface area contributed by atoms with Crippen LogP contribution in [0.15, 0.2) is 24.3 Å². The lowest BCUT2D eigenvalue weighted by atomic mass is 10.1. The molecule has 1 unspecified atom stereocenters. The van der Waals surface area contributed by atoms with Gasteiger partial charge < -0.3 is 15.4 Å². The van der Waals surface area contributed by atoms with Crippen molar-refractivity contribution in [1.29, 1.82) is 0 Å². The van der Waals surface area contributed by atoms with Crippen molar-refractivity contribution in [3.8, 4) is 0 Å². The molecule has 19 heavy (non-hydrogen) atoms. The maximum atomic E-state index is 11.8.